The second kappa shape index (κ2) is 10.8. The maximum Gasteiger partial charge on any atom is 0.410 e. The lowest BCUT2D eigenvalue weighted by Gasteiger charge is -2.27. The highest BCUT2D eigenvalue weighted by Crippen LogP contribution is 2.10. The van der Waals surface area contributed by atoms with Crippen molar-refractivity contribution in [2.45, 2.75) is 46.8 Å². The molecule has 0 aliphatic heterocycles. The minimum atomic E-state index is -0.847. The van der Waals surface area contributed by atoms with Gasteiger partial charge in [-0.15, -0.1) is 0 Å². The molecule has 0 unspecified atom stereocenters. The Labute approximate surface area is 191 Å². The van der Waals surface area contributed by atoms with Crippen LogP contribution in [-0.2, 0) is 20.8 Å². The average Bonchev–Trinajstić information content (AvgIpc) is 2.74. The first-order valence-corrected chi connectivity index (χ1v) is 10.5. The van der Waals surface area contributed by atoms with E-state index in [9.17, 15) is 24.0 Å². The van der Waals surface area contributed by atoms with Crippen molar-refractivity contribution >= 4 is 18.0 Å². The molecule has 1 aromatic carbocycles. The maximum atomic E-state index is 13.0. The molecule has 178 valence electrons. The molecule has 2 aromatic rings. The summed E-state index contributed by atoms with van der Waals surface area (Å²) in [6.45, 7) is 7.78. The number of carbonyl (C=O) groups excluding carboxylic acids is 3. The van der Waals surface area contributed by atoms with Gasteiger partial charge in [-0.3, -0.25) is 23.9 Å². The fraction of sp³-hybridized carbons (Fsp3) is 0.435. The lowest BCUT2D eigenvalue weighted by Crippen LogP contribution is -2.47. The van der Waals surface area contributed by atoms with Crippen LogP contribution in [0.4, 0.5) is 4.79 Å². The zero-order chi connectivity index (χ0) is 24.8. The number of hydrogen-bond donors (Lipinski definition) is 0. The maximum absolute atomic E-state index is 13.0. The molecule has 33 heavy (non-hydrogen) atoms. The highest BCUT2D eigenvalue weighted by atomic mass is 16.6. The van der Waals surface area contributed by atoms with Gasteiger partial charge in [-0.2, -0.15) is 4.57 Å². The summed E-state index contributed by atoms with van der Waals surface area (Å²) in [6.07, 6.45) is 0.561. The number of aromatic nitrogens is 2. The molecule has 2 rings (SSSR count). The van der Waals surface area contributed by atoms with Gasteiger partial charge in [0.1, 0.15) is 12.1 Å². The van der Waals surface area contributed by atoms with Gasteiger partial charge in [0.2, 0.25) is 0 Å². The molecular formula is C23H29N3O7. The van der Waals surface area contributed by atoms with E-state index in [4.69, 9.17) is 9.47 Å². The lowest BCUT2D eigenvalue weighted by molar-refractivity contribution is -0.144. The smallest absolute Gasteiger partial charge is 0.410 e. The first kappa shape index (κ1) is 25.6. The van der Waals surface area contributed by atoms with Gasteiger partial charge in [-0.05, 0) is 46.8 Å². The minimum Gasteiger partial charge on any atom is -0.465 e. The van der Waals surface area contributed by atoms with Crippen LogP contribution in [0.1, 0.15) is 43.6 Å². The molecule has 0 aliphatic carbocycles. The monoisotopic (exact) mass is 459 g/mol. The zero-order valence-electron chi connectivity index (χ0n) is 19.5. The third-order valence-corrected chi connectivity index (χ3v) is 4.44. The van der Waals surface area contributed by atoms with Crippen LogP contribution in [0.5, 0.6) is 0 Å². The minimum absolute atomic E-state index is 0.0827. The zero-order valence-corrected chi connectivity index (χ0v) is 19.5. The highest BCUT2D eigenvalue weighted by molar-refractivity contribution is 5.95. The van der Waals surface area contributed by atoms with Crippen LogP contribution < -0.4 is 11.2 Å². The van der Waals surface area contributed by atoms with Crippen molar-refractivity contribution in [1.29, 1.82) is 0 Å². The lowest BCUT2D eigenvalue weighted by atomic mass is 10.2. The molecule has 0 fully saturated rings. The van der Waals surface area contributed by atoms with Crippen LogP contribution in [0.3, 0.4) is 0 Å². The van der Waals surface area contributed by atoms with Gasteiger partial charge in [0, 0.05) is 30.4 Å². The van der Waals surface area contributed by atoms with E-state index in [2.05, 4.69) is 0 Å². The normalized spacial score (nSPS) is 11.1. The topological polar surface area (TPSA) is 117 Å². The molecule has 0 saturated heterocycles. The van der Waals surface area contributed by atoms with Crippen molar-refractivity contribution in [2.24, 2.45) is 0 Å². The SMILES string of the molecule is CCOC(=O)CN(CCn1cc(C)c(=O)n(C(=O)c2ccccc2)c1=O)C(=O)OC(C)(C)C. The molecule has 10 heteroatoms. The molecule has 0 aliphatic rings. The van der Waals surface area contributed by atoms with E-state index in [1.54, 1.807) is 45.9 Å². The second-order valence-corrected chi connectivity index (χ2v) is 8.31. The Balaban J connectivity index is 2.35. The summed E-state index contributed by atoms with van der Waals surface area (Å²) in [5.41, 5.74) is -2.01. The van der Waals surface area contributed by atoms with E-state index in [0.717, 1.165) is 9.47 Å². The van der Waals surface area contributed by atoms with Crippen molar-refractivity contribution in [1.82, 2.24) is 14.0 Å². The predicted octanol–water partition coefficient (Wildman–Crippen LogP) is 1.81. The molecule has 1 aromatic heterocycles. The van der Waals surface area contributed by atoms with E-state index < -0.39 is 34.8 Å². The molecule has 0 atom stereocenters. The Bertz CT molecular complexity index is 1130. The van der Waals surface area contributed by atoms with E-state index in [1.807, 2.05) is 0 Å². The Morgan fingerprint density at radius 1 is 1.06 bits per heavy atom. The van der Waals surface area contributed by atoms with E-state index in [1.165, 1.54) is 25.3 Å². The third kappa shape index (κ3) is 6.90. The molecule has 0 saturated carbocycles. The number of benzene rings is 1. The number of amides is 1. The van der Waals surface area contributed by atoms with Crippen molar-refractivity contribution in [2.75, 3.05) is 19.7 Å². The number of rotatable bonds is 7. The summed E-state index contributed by atoms with van der Waals surface area (Å²) in [4.78, 5) is 64.0. The number of nitrogens with zero attached hydrogens (tertiary/aromatic N) is 3. The summed E-state index contributed by atoms with van der Waals surface area (Å²) in [7, 11) is 0. The van der Waals surface area contributed by atoms with Crippen LogP contribution in [0.15, 0.2) is 46.1 Å². The van der Waals surface area contributed by atoms with E-state index in [0.29, 0.717) is 4.57 Å². The molecular weight excluding hydrogens is 430 g/mol. The average molecular weight is 459 g/mol. The third-order valence-electron chi connectivity index (χ3n) is 4.44. The van der Waals surface area contributed by atoms with Gasteiger partial charge in [-0.25, -0.2) is 9.59 Å². The first-order chi connectivity index (χ1) is 15.4. The Hall–Kier alpha value is -3.69. The van der Waals surface area contributed by atoms with Crippen LogP contribution in [0, 0.1) is 6.92 Å². The number of hydrogen-bond acceptors (Lipinski definition) is 7. The number of ether oxygens (including phenoxy) is 2. The summed E-state index contributed by atoms with van der Waals surface area (Å²) >= 11 is 0. The predicted molar refractivity (Wildman–Crippen MR) is 120 cm³/mol. The summed E-state index contributed by atoms with van der Waals surface area (Å²) in [5, 5.41) is 0. The van der Waals surface area contributed by atoms with Crippen LogP contribution >= 0.6 is 0 Å². The Morgan fingerprint density at radius 2 is 1.70 bits per heavy atom. The second-order valence-electron chi connectivity index (χ2n) is 8.31. The molecule has 1 heterocycles. The molecule has 0 bridgehead atoms. The van der Waals surface area contributed by atoms with E-state index in [-0.39, 0.29) is 37.4 Å². The van der Waals surface area contributed by atoms with Crippen molar-refractivity contribution in [3.05, 3.63) is 68.5 Å². The summed E-state index contributed by atoms with van der Waals surface area (Å²) in [6, 6.07) is 7.97. The van der Waals surface area contributed by atoms with Gasteiger partial charge < -0.3 is 9.47 Å². The molecule has 0 spiro atoms. The fourth-order valence-electron chi connectivity index (χ4n) is 2.94. The van der Waals surface area contributed by atoms with Gasteiger partial charge in [-0.1, -0.05) is 18.2 Å². The van der Waals surface area contributed by atoms with Crippen LogP contribution in [0.25, 0.3) is 0 Å². The van der Waals surface area contributed by atoms with Crippen LogP contribution in [-0.4, -0.2) is 57.3 Å². The molecule has 0 N–H and O–H groups in total. The van der Waals surface area contributed by atoms with Crippen molar-refractivity contribution in [3.63, 3.8) is 0 Å². The highest BCUT2D eigenvalue weighted by Gasteiger charge is 2.25. The number of carbonyl (C=O) groups is 3. The van der Waals surface area contributed by atoms with Crippen molar-refractivity contribution < 1.29 is 23.9 Å². The summed E-state index contributed by atoms with van der Waals surface area (Å²) < 4.78 is 12.0. The fourth-order valence-corrected chi connectivity index (χ4v) is 2.94. The van der Waals surface area contributed by atoms with E-state index >= 15 is 0 Å². The molecule has 10 nitrogen and oxygen atoms in total. The Kier molecular flexibility index (Phi) is 8.33. The molecule has 0 radical (unpaired) electrons. The van der Waals surface area contributed by atoms with Gasteiger partial charge in [0.25, 0.3) is 11.5 Å². The number of esters is 1. The van der Waals surface area contributed by atoms with Gasteiger partial charge in [0.15, 0.2) is 0 Å². The van der Waals surface area contributed by atoms with Crippen molar-refractivity contribution in [3.8, 4) is 0 Å². The quantitative estimate of drug-likeness (QED) is 0.580. The molecule has 1 amide bonds. The Morgan fingerprint density at radius 3 is 2.27 bits per heavy atom. The largest absolute Gasteiger partial charge is 0.465 e. The van der Waals surface area contributed by atoms with Crippen LogP contribution in [0.2, 0.25) is 0 Å². The standard InChI is InChI=1S/C23H29N3O7/c1-6-32-18(27)15-25(22(31)33-23(3,4)5)13-12-24-14-16(2)19(28)26(21(24)30)20(29)17-10-8-7-9-11-17/h7-11,14H,6,12-13,15H2,1-5H3. The summed E-state index contributed by atoms with van der Waals surface area (Å²) in [5.74, 6) is -1.38. The van der Waals surface area contributed by atoms with Gasteiger partial charge >= 0.3 is 17.8 Å². The number of aryl methyl sites for hydroxylation is 1. The van der Waals surface area contributed by atoms with Gasteiger partial charge in [0.05, 0.1) is 6.61 Å². The first-order valence-electron chi connectivity index (χ1n) is 10.5.